The second-order valence-corrected chi connectivity index (χ2v) is 8.55. The first-order valence-corrected chi connectivity index (χ1v) is 8.58. The predicted molar refractivity (Wildman–Crippen MR) is 97.0 cm³/mol. The third-order valence-electron chi connectivity index (χ3n) is 4.75. The Hall–Kier alpha value is -1.93. The molecule has 140 valence electrons. The van der Waals surface area contributed by atoms with Crippen LogP contribution < -0.4 is 5.46 Å². The van der Waals surface area contributed by atoms with Crippen molar-refractivity contribution in [1.82, 2.24) is 9.78 Å². The van der Waals surface area contributed by atoms with Gasteiger partial charge >= 0.3 is 13.2 Å². The molecule has 1 saturated heterocycles. The van der Waals surface area contributed by atoms with Crippen molar-refractivity contribution < 1.29 is 23.2 Å². The zero-order valence-electron chi connectivity index (χ0n) is 16.2. The number of hydrogen-bond acceptors (Lipinski definition) is 5. The van der Waals surface area contributed by atoms with Crippen LogP contribution in [0.1, 0.15) is 48.5 Å². The lowest BCUT2D eigenvalue weighted by Gasteiger charge is -2.32. The van der Waals surface area contributed by atoms with E-state index in [0.717, 1.165) is 4.68 Å². The zero-order valence-corrected chi connectivity index (χ0v) is 16.2. The van der Waals surface area contributed by atoms with E-state index in [1.54, 1.807) is 39.0 Å². The third kappa shape index (κ3) is 3.23. The summed E-state index contributed by atoms with van der Waals surface area (Å²) in [6, 6.07) is 4.96. The largest absolute Gasteiger partial charge is 0.494 e. The molecule has 1 aromatic carbocycles. The Morgan fingerprint density at radius 1 is 1.19 bits per heavy atom. The number of rotatable bonds is 1. The Kier molecular flexibility index (Phi) is 4.20. The summed E-state index contributed by atoms with van der Waals surface area (Å²) in [4.78, 5) is 12.3. The van der Waals surface area contributed by atoms with E-state index in [9.17, 15) is 9.18 Å². The molecule has 0 spiro atoms. The van der Waals surface area contributed by atoms with Crippen molar-refractivity contribution in [2.24, 2.45) is 0 Å². The molecule has 0 saturated carbocycles. The van der Waals surface area contributed by atoms with Gasteiger partial charge in [0.1, 0.15) is 5.60 Å². The maximum Gasteiger partial charge on any atom is 0.494 e. The topological polar surface area (TPSA) is 62.6 Å². The van der Waals surface area contributed by atoms with Crippen molar-refractivity contribution in [2.75, 3.05) is 0 Å². The van der Waals surface area contributed by atoms with E-state index in [2.05, 4.69) is 5.10 Å². The molecule has 6 nitrogen and oxygen atoms in total. The number of ether oxygens (including phenoxy) is 1. The highest BCUT2D eigenvalue weighted by Crippen LogP contribution is 2.36. The van der Waals surface area contributed by atoms with Crippen molar-refractivity contribution >= 4 is 29.6 Å². The van der Waals surface area contributed by atoms with Crippen LogP contribution in [0.3, 0.4) is 0 Å². The van der Waals surface area contributed by atoms with Gasteiger partial charge in [-0.1, -0.05) is 6.07 Å². The fourth-order valence-electron chi connectivity index (χ4n) is 2.67. The molecule has 26 heavy (non-hydrogen) atoms. The van der Waals surface area contributed by atoms with Crippen LogP contribution in [-0.2, 0) is 14.0 Å². The van der Waals surface area contributed by atoms with Crippen molar-refractivity contribution in [1.29, 1.82) is 0 Å². The standard InChI is InChI=1S/C18H24BFN2O4/c1-16(2,3)24-15(23)22-13-9-8-11(10-12(13)14(20)21-22)19-25-17(4,5)18(6,7)26-19/h8-10H,1-7H3. The molecule has 0 bridgehead atoms. The highest BCUT2D eigenvalue weighted by molar-refractivity contribution is 6.62. The van der Waals surface area contributed by atoms with E-state index < -0.39 is 36.0 Å². The molecule has 1 aromatic heterocycles. The molecule has 2 heterocycles. The van der Waals surface area contributed by atoms with Gasteiger partial charge in [0.2, 0.25) is 5.95 Å². The number of aromatic nitrogens is 2. The summed E-state index contributed by atoms with van der Waals surface area (Å²) in [5, 5.41) is 3.90. The molecule has 0 amide bonds. The minimum atomic E-state index is -0.746. The van der Waals surface area contributed by atoms with E-state index in [1.807, 2.05) is 27.7 Å². The molecule has 0 unspecified atom stereocenters. The predicted octanol–water partition coefficient (Wildman–Crippen LogP) is 3.26. The second-order valence-electron chi connectivity index (χ2n) is 8.55. The second kappa shape index (κ2) is 5.79. The molecule has 2 aromatic rings. The Balaban J connectivity index is 1.96. The molecule has 8 heteroatoms. The smallest absolute Gasteiger partial charge is 0.442 e. The van der Waals surface area contributed by atoms with Crippen LogP contribution in [0, 0.1) is 5.95 Å². The van der Waals surface area contributed by atoms with Gasteiger partial charge in [0, 0.05) is 0 Å². The molecule has 0 aliphatic carbocycles. The lowest BCUT2D eigenvalue weighted by Crippen LogP contribution is -2.41. The molecule has 0 atom stereocenters. The van der Waals surface area contributed by atoms with E-state index in [4.69, 9.17) is 14.0 Å². The zero-order chi connectivity index (χ0) is 19.5. The third-order valence-corrected chi connectivity index (χ3v) is 4.75. The number of halogens is 1. The molecule has 3 rings (SSSR count). The van der Waals surface area contributed by atoms with Crippen molar-refractivity contribution in [3.05, 3.63) is 24.1 Å². The molecule has 0 N–H and O–H groups in total. The first-order chi connectivity index (χ1) is 11.8. The van der Waals surface area contributed by atoms with Crippen LogP contribution >= 0.6 is 0 Å². The van der Waals surface area contributed by atoms with Gasteiger partial charge in [0.15, 0.2) is 0 Å². The van der Waals surface area contributed by atoms with Gasteiger partial charge in [0.25, 0.3) is 0 Å². The van der Waals surface area contributed by atoms with E-state index >= 15 is 0 Å². The first-order valence-electron chi connectivity index (χ1n) is 8.58. The quantitative estimate of drug-likeness (QED) is 0.729. The van der Waals surface area contributed by atoms with E-state index in [1.165, 1.54) is 0 Å². The Morgan fingerprint density at radius 3 is 2.31 bits per heavy atom. The minimum absolute atomic E-state index is 0.211. The van der Waals surface area contributed by atoms with Gasteiger partial charge in [-0.05, 0) is 66.1 Å². The van der Waals surface area contributed by atoms with Gasteiger partial charge < -0.3 is 14.0 Å². The average molecular weight is 362 g/mol. The van der Waals surface area contributed by atoms with E-state index in [0.29, 0.717) is 11.0 Å². The van der Waals surface area contributed by atoms with Crippen LogP contribution in [0.5, 0.6) is 0 Å². The van der Waals surface area contributed by atoms with Crippen molar-refractivity contribution in [3.8, 4) is 0 Å². The number of fused-ring (bicyclic) bond motifs is 1. The highest BCUT2D eigenvalue weighted by Gasteiger charge is 2.51. The Morgan fingerprint density at radius 2 is 1.77 bits per heavy atom. The molecule has 0 radical (unpaired) electrons. The average Bonchev–Trinajstić information content (AvgIpc) is 2.91. The summed E-state index contributed by atoms with van der Waals surface area (Å²) in [6.45, 7) is 13.0. The number of benzene rings is 1. The summed E-state index contributed by atoms with van der Waals surface area (Å²) in [5.74, 6) is -0.746. The molecule has 1 aliphatic heterocycles. The van der Waals surface area contributed by atoms with Gasteiger partial charge in [-0.15, -0.1) is 5.10 Å². The van der Waals surface area contributed by atoms with Gasteiger partial charge in [-0.2, -0.15) is 9.07 Å². The molecule has 1 aliphatic rings. The van der Waals surface area contributed by atoms with Crippen molar-refractivity contribution in [3.63, 3.8) is 0 Å². The molecular weight excluding hydrogens is 338 g/mol. The lowest BCUT2D eigenvalue weighted by molar-refractivity contribution is 0.00578. The summed E-state index contributed by atoms with van der Waals surface area (Å²) in [5.41, 5.74) is -0.692. The number of carbonyl (C=O) groups excluding carboxylic acids is 1. The minimum Gasteiger partial charge on any atom is -0.442 e. The van der Waals surface area contributed by atoms with Crippen LogP contribution in [0.25, 0.3) is 10.9 Å². The maximum atomic E-state index is 14.3. The molecule has 1 fully saturated rings. The normalized spacial score (nSPS) is 19.2. The lowest BCUT2D eigenvalue weighted by atomic mass is 9.78. The van der Waals surface area contributed by atoms with E-state index in [-0.39, 0.29) is 5.39 Å². The Bertz CT molecular complexity index is 854. The fourth-order valence-corrected chi connectivity index (χ4v) is 2.67. The van der Waals surface area contributed by atoms with Crippen molar-refractivity contribution in [2.45, 2.75) is 65.3 Å². The van der Waals surface area contributed by atoms with Crippen LogP contribution in [0.15, 0.2) is 18.2 Å². The van der Waals surface area contributed by atoms with Crippen LogP contribution in [0.2, 0.25) is 0 Å². The number of nitrogens with zero attached hydrogens (tertiary/aromatic N) is 2. The van der Waals surface area contributed by atoms with Gasteiger partial charge in [-0.25, -0.2) is 4.79 Å². The number of carbonyl (C=O) groups is 1. The summed E-state index contributed by atoms with van der Waals surface area (Å²) >= 11 is 0. The molecular formula is C18H24BFN2O4. The number of hydrogen-bond donors (Lipinski definition) is 0. The SMILES string of the molecule is CC(C)(C)OC(=O)n1nc(F)c2cc(B3OC(C)(C)C(C)(C)O3)ccc21. The first kappa shape index (κ1) is 18.9. The summed E-state index contributed by atoms with van der Waals surface area (Å²) in [6.07, 6.45) is -0.727. The summed E-state index contributed by atoms with van der Waals surface area (Å²) < 4.78 is 32.6. The fraction of sp³-hybridized carbons (Fsp3) is 0.556. The summed E-state index contributed by atoms with van der Waals surface area (Å²) in [7, 11) is -0.617. The van der Waals surface area contributed by atoms with Crippen LogP contribution in [0.4, 0.5) is 9.18 Å². The van der Waals surface area contributed by atoms with Crippen LogP contribution in [-0.4, -0.2) is 39.8 Å². The maximum absolute atomic E-state index is 14.3. The highest BCUT2D eigenvalue weighted by atomic mass is 19.1. The Labute approximate surface area is 152 Å². The monoisotopic (exact) mass is 362 g/mol. The van der Waals surface area contributed by atoms with Gasteiger partial charge in [-0.3, -0.25) is 0 Å². The van der Waals surface area contributed by atoms with Gasteiger partial charge in [0.05, 0.1) is 22.1 Å².